The van der Waals surface area contributed by atoms with Crippen molar-refractivity contribution in [2.24, 2.45) is 0 Å². The van der Waals surface area contributed by atoms with Crippen LogP contribution in [0.25, 0.3) is 20.9 Å². The van der Waals surface area contributed by atoms with Gasteiger partial charge in [-0.3, -0.25) is 19.5 Å². The maximum absolute atomic E-state index is 13.3. The van der Waals surface area contributed by atoms with E-state index in [1.165, 1.54) is 36.6 Å². The van der Waals surface area contributed by atoms with Crippen molar-refractivity contribution in [2.75, 3.05) is 25.0 Å². The first kappa shape index (κ1) is 25.1. The van der Waals surface area contributed by atoms with Gasteiger partial charge in [0.2, 0.25) is 0 Å². The summed E-state index contributed by atoms with van der Waals surface area (Å²) in [5, 5.41) is 16.4. The molecule has 0 unspecified atom stereocenters. The maximum atomic E-state index is 13.3. The second-order valence-corrected chi connectivity index (χ2v) is 11.3. The molecule has 2 N–H and O–H groups in total. The van der Waals surface area contributed by atoms with Crippen LogP contribution in [-0.4, -0.2) is 71.2 Å². The Morgan fingerprint density at radius 3 is 2.82 bits per heavy atom. The molecular formula is C27H29N9O2S. The quantitative estimate of drug-likeness (QED) is 0.321. The van der Waals surface area contributed by atoms with Crippen molar-refractivity contribution in [3.05, 3.63) is 66.0 Å². The van der Waals surface area contributed by atoms with Gasteiger partial charge < -0.3 is 10.6 Å². The van der Waals surface area contributed by atoms with Crippen LogP contribution in [0.15, 0.2) is 49.2 Å². The van der Waals surface area contributed by atoms with E-state index in [4.69, 9.17) is 0 Å². The molecule has 6 rings (SSSR count). The summed E-state index contributed by atoms with van der Waals surface area (Å²) in [6.07, 6.45) is 10.7. The van der Waals surface area contributed by atoms with Gasteiger partial charge in [-0.25, -0.2) is 14.2 Å². The molecule has 0 spiro atoms. The number of thiazole rings is 1. The van der Waals surface area contributed by atoms with Gasteiger partial charge in [-0.15, -0.1) is 0 Å². The van der Waals surface area contributed by atoms with Gasteiger partial charge in [0, 0.05) is 36.4 Å². The normalized spacial score (nSPS) is 15.3. The van der Waals surface area contributed by atoms with E-state index in [1.807, 2.05) is 18.3 Å². The molecule has 1 saturated heterocycles. The Morgan fingerprint density at radius 1 is 1.13 bits per heavy atom. The summed E-state index contributed by atoms with van der Waals surface area (Å²) in [5.74, 6) is -0.550. The Kier molecular flexibility index (Phi) is 6.35. The highest BCUT2D eigenvalue weighted by molar-refractivity contribution is 7.20. The van der Waals surface area contributed by atoms with Crippen LogP contribution in [0.1, 0.15) is 53.1 Å². The first-order chi connectivity index (χ1) is 18.8. The Hall–Kier alpha value is -4.16. The van der Waals surface area contributed by atoms with Crippen LogP contribution in [0, 0.1) is 6.92 Å². The van der Waals surface area contributed by atoms with Gasteiger partial charge in [0.25, 0.3) is 11.8 Å². The fourth-order valence-electron chi connectivity index (χ4n) is 5.01. The largest absolute Gasteiger partial charge is 0.351 e. The number of hydrogen-bond acceptors (Lipinski definition) is 8. The number of carbonyl (C=O) groups excluding carboxylic acids is 2. The van der Waals surface area contributed by atoms with Crippen LogP contribution in [-0.2, 0) is 0 Å². The molecule has 1 aliphatic rings. The zero-order valence-electron chi connectivity index (χ0n) is 22.0. The fourth-order valence-corrected chi connectivity index (χ4v) is 6.03. The first-order valence-electron chi connectivity index (χ1n) is 12.9. The molecule has 39 heavy (non-hydrogen) atoms. The minimum Gasteiger partial charge on any atom is -0.351 e. The molecule has 200 valence electrons. The molecule has 1 fully saturated rings. The lowest BCUT2D eigenvalue weighted by Gasteiger charge is -2.31. The van der Waals surface area contributed by atoms with E-state index < -0.39 is 0 Å². The number of nitrogens with zero attached hydrogens (tertiary/aromatic N) is 7. The summed E-state index contributed by atoms with van der Waals surface area (Å²) in [6.45, 7) is 8.67. The summed E-state index contributed by atoms with van der Waals surface area (Å²) in [5.41, 5.74) is 2.80. The molecule has 0 aromatic carbocycles. The lowest BCUT2D eigenvalue weighted by Crippen LogP contribution is -2.43. The van der Waals surface area contributed by atoms with Crippen molar-refractivity contribution >= 4 is 44.7 Å². The van der Waals surface area contributed by atoms with Crippen molar-refractivity contribution in [1.82, 2.24) is 39.6 Å². The second kappa shape index (κ2) is 9.86. The molecule has 0 atom stereocenters. The van der Waals surface area contributed by atoms with E-state index in [1.54, 1.807) is 34.6 Å². The predicted octanol–water partition coefficient (Wildman–Crippen LogP) is 3.69. The van der Waals surface area contributed by atoms with E-state index in [2.05, 4.69) is 49.5 Å². The minimum atomic E-state index is -0.333. The number of fused-ring (bicyclic) bond motifs is 2. The van der Waals surface area contributed by atoms with Gasteiger partial charge in [-0.2, -0.15) is 10.2 Å². The highest BCUT2D eigenvalue weighted by atomic mass is 32.1. The molecule has 6 heterocycles. The number of carbonyl (C=O) groups is 2. The molecule has 0 radical (unpaired) electrons. The van der Waals surface area contributed by atoms with Gasteiger partial charge in [-0.1, -0.05) is 11.3 Å². The van der Waals surface area contributed by atoms with Gasteiger partial charge in [0.05, 0.1) is 41.1 Å². The zero-order valence-corrected chi connectivity index (χ0v) is 22.8. The average Bonchev–Trinajstić information content (AvgIpc) is 3.68. The van der Waals surface area contributed by atoms with E-state index in [0.717, 1.165) is 29.1 Å². The number of rotatable bonds is 7. The van der Waals surface area contributed by atoms with Crippen molar-refractivity contribution in [1.29, 1.82) is 0 Å². The fraction of sp³-hybridized carbons (Fsp3) is 0.333. The third-order valence-corrected chi connectivity index (χ3v) is 8.39. The molecular weight excluding hydrogens is 514 g/mol. The third kappa shape index (κ3) is 4.77. The highest BCUT2D eigenvalue weighted by Gasteiger charge is 2.31. The molecule has 2 amide bonds. The molecule has 0 saturated carbocycles. The summed E-state index contributed by atoms with van der Waals surface area (Å²) in [4.78, 5) is 38.0. The number of likely N-dealkylation sites (tertiary alicyclic amines) is 1. The monoisotopic (exact) mass is 543 g/mol. The van der Waals surface area contributed by atoms with Crippen molar-refractivity contribution in [3.63, 3.8) is 0 Å². The maximum Gasteiger partial charge on any atom is 0.260 e. The highest BCUT2D eigenvalue weighted by Crippen LogP contribution is 2.28. The Morgan fingerprint density at radius 2 is 2.00 bits per heavy atom. The van der Waals surface area contributed by atoms with Crippen LogP contribution in [0.4, 0.5) is 5.69 Å². The summed E-state index contributed by atoms with van der Waals surface area (Å²) in [6, 6.07) is 5.47. The smallest absolute Gasteiger partial charge is 0.260 e. The summed E-state index contributed by atoms with van der Waals surface area (Å²) < 4.78 is 3.39. The molecule has 12 heteroatoms. The van der Waals surface area contributed by atoms with Crippen molar-refractivity contribution in [3.8, 4) is 5.00 Å². The number of hydrogen-bond donors (Lipinski definition) is 2. The number of amides is 2. The number of aromatic nitrogens is 6. The van der Waals surface area contributed by atoms with E-state index in [9.17, 15) is 9.59 Å². The predicted molar refractivity (Wildman–Crippen MR) is 150 cm³/mol. The van der Waals surface area contributed by atoms with Crippen LogP contribution in [0.5, 0.6) is 0 Å². The standard InChI is InChI=1S/C27H29N9O2S/c1-17-21(12-19(13-30-17)24(37)29-9-11-34-10-5-7-27(34,2)3)33-25(38)20-15-31-35-16-22(39-26(20)35)36-23-18(14-32-36)6-4-8-28-23/h4,6,8,12-16H,5,7,9-11H2,1-3H3,(H,29,37)(H,33,38). The van der Waals surface area contributed by atoms with E-state index in [0.29, 0.717) is 33.9 Å². The van der Waals surface area contributed by atoms with Gasteiger partial charge in [0.15, 0.2) is 5.65 Å². The molecule has 5 aromatic rings. The molecule has 0 aliphatic carbocycles. The van der Waals surface area contributed by atoms with E-state index in [-0.39, 0.29) is 17.4 Å². The number of pyridine rings is 2. The Labute approximate surface area is 228 Å². The van der Waals surface area contributed by atoms with Crippen LogP contribution >= 0.6 is 11.3 Å². The lowest BCUT2D eigenvalue weighted by atomic mass is 10.0. The molecule has 11 nitrogen and oxygen atoms in total. The van der Waals surface area contributed by atoms with Gasteiger partial charge >= 0.3 is 0 Å². The van der Waals surface area contributed by atoms with E-state index >= 15 is 0 Å². The lowest BCUT2D eigenvalue weighted by molar-refractivity contribution is 0.0938. The molecule has 1 aliphatic heterocycles. The summed E-state index contributed by atoms with van der Waals surface area (Å²) in [7, 11) is 0. The topological polar surface area (TPSA) is 122 Å². The van der Waals surface area contributed by atoms with Crippen LogP contribution in [0.2, 0.25) is 0 Å². The molecule has 5 aromatic heterocycles. The number of nitrogens with one attached hydrogen (secondary N) is 2. The van der Waals surface area contributed by atoms with Crippen LogP contribution < -0.4 is 10.6 Å². The Balaban J connectivity index is 1.17. The number of anilines is 1. The van der Waals surface area contributed by atoms with Crippen LogP contribution in [0.3, 0.4) is 0 Å². The SMILES string of the molecule is Cc1ncc(C(=O)NCCN2CCCC2(C)C)cc1NC(=O)c1cnn2cc(-n3ncc4cccnc43)sc12. The number of aryl methyl sites for hydroxylation is 1. The third-order valence-electron chi connectivity index (χ3n) is 7.30. The van der Waals surface area contributed by atoms with Crippen molar-refractivity contribution in [2.45, 2.75) is 39.2 Å². The second-order valence-electron chi connectivity index (χ2n) is 10.3. The zero-order chi connectivity index (χ0) is 27.1. The van der Waals surface area contributed by atoms with Crippen molar-refractivity contribution < 1.29 is 9.59 Å². The minimum absolute atomic E-state index is 0.166. The Bertz CT molecular complexity index is 1700. The first-order valence-corrected chi connectivity index (χ1v) is 13.7. The summed E-state index contributed by atoms with van der Waals surface area (Å²) >= 11 is 1.39. The average molecular weight is 544 g/mol. The van der Waals surface area contributed by atoms with Gasteiger partial charge in [0.1, 0.15) is 9.83 Å². The van der Waals surface area contributed by atoms with Gasteiger partial charge in [-0.05, 0) is 58.4 Å². The molecule has 0 bridgehead atoms.